The van der Waals surface area contributed by atoms with Gasteiger partial charge < -0.3 is 5.32 Å². The van der Waals surface area contributed by atoms with Crippen molar-refractivity contribution in [3.8, 4) is 0 Å². The molecule has 18 heavy (non-hydrogen) atoms. The van der Waals surface area contributed by atoms with Gasteiger partial charge in [0, 0.05) is 44.1 Å². The van der Waals surface area contributed by atoms with Crippen LogP contribution in [0.4, 0.5) is 0 Å². The van der Waals surface area contributed by atoms with Crippen molar-refractivity contribution in [3.63, 3.8) is 0 Å². The van der Waals surface area contributed by atoms with Gasteiger partial charge in [-0.2, -0.15) is 0 Å². The summed E-state index contributed by atoms with van der Waals surface area (Å²) in [6.45, 7) is 10.0. The van der Waals surface area contributed by atoms with Crippen LogP contribution in [0, 0.1) is 6.92 Å². The Balaban J connectivity index is 2.00. The summed E-state index contributed by atoms with van der Waals surface area (Å²) in [5.74, 6) is 0. The second-order valence-electron chi connectivity index (χ2n) is 5.47. The normalized spacial score (nSPS) is 25.3. The molecule has 0 bridgehead atoms. The van der Waals surface area contributed by atoms with Crippen molar-refractivity contribution in [2.75, 3.05) is 13.1 Å². The summed E-state index contributed by atoms with van der Waals surface area (Å²) in [5, 5.41) is 3.65. The van der Waals surface area contributed by atoms with Crippen molar-refractivity contribution in [1.29, 1.82) is 0 Å². The van der Waals surface area contributed by atoms with Crippen molar-refractivity contribution in [1.82, 2.24) is 15.2 Å². The van der Waals surface area contributed by atoms with Gasteiger partial charge in [0.2, 0.25) is 0 Å². The summed E-state index contributed by atoms with van der Waals surface area (Å²) in [4.78, 5) is 6.77. The maximum absolute atomic E-state index is 4.17. The van der Waals surface area contributed by atoms with Gasteiger partial charge in [-0.05, 0) is 37.5 Å². The number of hydrogen-bond donors (Lipinski definition) is 1. The largest absolute Gasteiger partial charge is 0.311 e. The van der Waals surface area contributed by atoms with Gasteiger partial charge in [0.1, 0.15) is 0 Å². The van der Waals surface area contributed by atoms with Gasteiger partial charge >= 0.3 is 0 Å². The smallest absolute Gasteiger partial charge is 0.0300 e. The van der Waals surface area contributed by atoms with Crippen LogP contribution in [-0.2, 0) is 6.54 Å². The Bertz CT molecular complexity index is 378. The molecule has 0 radical (unpaired) electrons. The fourth-order valence-corrected chi connectivity index (χ4v) is 2.65. The molecule has 1 N–H and O–H groups in total. The molecule has 2 heterocycles. The molecule has 3 heteroatoms. The van der Waals surface area contributed by atoms with Crippen molar-refractivity contribution in [3.05, 3.63) is 29.6 Å². The van der Waals surface area contributed by atoms with E-state index in [4.69, 9.17) is 0 Å². The summed E-state index contributed by atoms with van der Waals surface area (Å²) >= 11 is 0. The molecule has 1 aromatic rings. The molecule has 2 unspecified atom stereocenters. The first-order chi connectivity index (χ1) is 8.70. The van der Waals surface area contributed by atoms with E-state index in [1.807, 2.05) is 12.4 Å². The molecule has 0 spiro atoms. The Morgan fingerprint density at radius 3 is 3.06 bits per heavy atom. The highest BCUT2D eigenvalue weighted by atomic mass is 15.2. The maximum atomic E-state index is 4.17. The molecule has 0 aliphatic carbocycles. The molecule has 1 fully saturated rings. The summed E-state index contributed by atoms with van der Waals surface area (Å²) in [6, 6.07) is 3.43. The predicted octanol–water partition coefficient (Wildman–Crippen LogP) is 2.35. The lowest BCUT2D eigenvalue weighted by Gasteiger charge is -2.39. The highest BCUT2D eigenvalue weighted by Gasteiger charge is 2.24. The molecule has 1 saturated heterocycles. The maximum Gasteiger partial charge on any atom is 0.0300 e. The average molecular weight is 247 g/mol. The van der Waals surface area contributed by atoms with Gasteiger partial charge in [0.15, 0.2) is 0 Å². The van der Waals surface area contributed by atoms with Gasteiger partial charge in [0.25, 0.3) is 0 Å². The number of hydrogen-bond acceptors (Lipinski definition) is 3. The third-order valence-corrected chi connectivity index (χ3v) is 3.93. The van der Waals surface area contributed by atoms with E-state index in [1.165, 1.54) is 24.0 Å². The summed E-state index contributed by atoms with van der Waals surface area (Å²) in [5.41, 5.74) is 2.71. The van der Waals surface area contributed by atoms with E-state index in [9.17, 15) is 0 Å². The Labute approximate surface area is 111 Å². The monoisotopic (exact) mass is 247 g/mol. The lowest BCUT2D eigenvalue weighted by atomic mass is 10.0. The first-order valence-electron chi connectivity index (χ1n) is 7.07. The quantitative estimate of drug-likeness (QED) is 0.885. The Kier molecular flexibility index (Phi) is 4.72. The minimum Gasteiger partial charge on any atom is -0.311 e. The molecular weight excluding hydrogens is 222 g/mol. The Morgan fingerprint density at radius 2 is 2.33 bits per heavy atom. The lowest BCUT2D eigenvalue weighted by Crippen LogP contribution is -2.54. The average Bonchev–Trinajstić information content (AvgIpc) is 2.36. The number of piperazine rings is 1. The van der Waals surface area contributed by atoms with Crippen LogP contribution in [0.25, 0.3) is 0 Å². The zero-order valence-corrected chi connectivity index (χ0v) is 11.8. The van der Waals surface area contributed by atoms with Crippen LogP contribution in [0.2, 0.25) is 0 Å². The number of nitrogens with zero attached hydrogens (tertiary/aromatic N) is 2. The fraction of sp³-hybridized carbons (Fsp3) is 0.667. The van der Waals surface area contributed by atoms with Gasteiger partial charge in [0.05, 0.1) is 0 Å². The first kappa shape index (κ1) is 13.5. The molecule has 0 saturated carbocycles. The van der Waals surface area contributed by atoms with E-state index in [0.29, 0.717) is 12.1 Å². The predicted molar refractivity (Wildman–Crippen MR) is 75.5 cm³/mol. The van der Waals surface area contributed by atoms with Crippen LogP contribution in [-0.4, -0.2) is 35.1 Å². The molecule has 1 aromatic heterocycles. The highest BCUT2D eigenvalue weighted by Crippen LogP contribution is 2.16. The van der Waals surface area contributed by atoms with E-state index in [1.54, 1.807) is 0 Å². The van der Waals surface area contributed by atoms with Crippen molar-refractivity contribution < 1.29 is 0 Å². The second kappa shape index (κ2) is 6.30. The lowest BCUT2D eigenvalue weighted by molar-refractivity contribution is 0.129. The summed E-state index contributed by atoms with van der Waals surface area (Å²) in [6.07, 6.45) is 6.40. The molecule has 0 aromatic carbocycles. The molecule has 3 nitrogen and oxygen atoms in total. The molecule has 1 aliphatic heterocycles. The SMILES string of the molecule is CCCC1CN(Cc2ccncc2C)C(C)CN1. The van der Waals surface area contributed by atoms with Crippen LogP contribution in [0.5, 0.6) is 0 Å². The molecule has 0 amide bonds. The van der Waals surface area contributed by atoms with Crippen molar-refractivity contribution >= 4 is 0 Å². The topological polar surface area (TPSA) is 28.2 Å². The van der Waals surface area contributed by atoms with E-state index in [2.05, 4.69) is 42.0 Å². The van der Waals surface area contributed by atoms with Crippen LogP contribution in [0.3, 0.4) is 0 Å². The standard InChI is InChI=1S/C15H25N3/c1-4-5-15-11-18(13(3)9-17-15)10-14-6-7-16-8-12(14)2/h6-8,13,15,17H,4-5,9-11H2,1-3H3. The minimum absolute atomic E-state index is 0.616. The van der Waals surface area contributed by atoms with Gasteiger partial charge in [-0.15, -0.1) is 0 Å². The number of aromatic nitrogens is 1. The van der Waals surface area contributed by atoms with E-state index < -0.39 is 0 Å². The molecule has 1 aliphatic rings. The molecule has 100 valence electrons. The number of nitrogens with one attached hydrogen (secondary N) is 1. The zero-order valence-electron chi connectivity index (χ0n) is 11.8. The van der Waals surface area contributed by atoms with Crippen molar-refractivity contribution in [2.24, 2.45) is 0 Å². The molecule has 2 atom stereocenters. The first-order valence-corrected chi connectivity index (χ1v) is 7.07. The van der Waals surface area contributed by atoms with Gasteiger partial charge in [-0.25, -0.2) is 0 Å². The zero-order chi connectivity index (χ0) is 13.0. The Hall–Kier alpha value is -0.930. The third kappa shape index (κ3) is 3.30. The van der Waals surface area contributed by atoms with E-state index in [-0.39, 0.29) is 0 Å². The summed E-state index contributed by atoms with van der Waals surface area (Å²) < 4.78 is 0. The van der Waals surface area contributed by atoms with Crippen LogP contribution in [0.1, 0.15) is 37.8 Å². The highest BCUT2D eigenvalue weighted by molar-refractivity contribution is 5.21. The number of pyridine rings is 1. The van der Waals surface area contributed by atoms with Gasteiger partial charge in [-0.3, -0.25) is 9.88 Å². The number of aryl methyl sites for hydroxylation is 1. The Morgan fingerprint density at radius 1 is 1.50 bits per heavy atom. The van der Waals surface area contributed by atoms with E-state index in [0.717, 1.165) is 19.6 Å². The minimum atomic E-state index is 0.616. The fourth-order valence-electron chi connectivity index (χ4n) is 2.65. The second-order valence-corrected chi connectivity index (χ2v) is 5.47. The molecular formula is C15H25N3. The van der Waals surface area contributed by atoms with Crippen LogP contribution >= 0.6 is 0 Å². The van der Waals surface area contributed by atoms with E-state index >= 15 is 0 Å². The van der Waals surface area contributed by atoms with Crippen LogP contribution < -0.4 is 5.32 Å². The molecule has 2 rings (SSSR count). The summed E-state index contributed by atoms with van der Waals surface area (Å²) in [7, 11) is 0. The van der Waals surface area contributed by atoms with Crippen molar-refractivity contribution in [2.45, 2.75) is 52.2 Å². The van der Waals surface area contributed by atoms with Gasteiger partial charge in [-0.1, -0.05) is 13.3 Å². The third-order valence-electron chi connectivity index (χ3n) is 3.93. The number of rotatable bonds is 4. The van der Waals surface area contributed by atoms with Crippen LogP contribution in [0.15, 0.2) is 18.5 Å².